The van der Waals surface area contributed by atoms with Gasteiger partial charge in [0.2, 0.25) is 10.0 Å². The molecule has 0 fully saturated rings. The molecule has 0 saturated carbocycles. The average Bonchev–Trinajstić information content (AvgIpc) is 2.66. The van der Waals surface area contributed by atoms with Crippen LogP contribution in [0.4, 0.5) is 0 Å². The minimum Gasteiger partial charge on any atom is -0.326 e. The van der Waals surface area contributed by atoms with Crippen LogP contribution in [0.5, 0.6) is 0 Å². The van der Waals surface area contributed by atoms with Gasteiger partial charge in [0.15, 0.2) is 0 Å². The Morgan fingerprint density at radius 1 is 1.53 bits per heavy atom. The van der Waals surface area contributed by atoms with Crippen LogP contribution in [0, 0.1) is 12.3 Å². The molecule has 0 aliphatic rings. The van der Waals surface area contributed by atoms with Gasteiger partial charge in [-0.25, -0.2) is 13.1 Å². The first-order valence-electron chi connectivity index (χ1n) is 4.32. The van der Waals surface area contributed by atoms with Crippen molar-refractivity contribution in [3.63, 3.8) is 0 Å². The molecule has 15 heavy (non-hydrogen) atoms. The first-order valence-corrected chi connectivity index (χ1v) is 6.62. The Hall–Kier alpha value is -0.870. The molecule has 4 nitrogen and oxygen atoms in total. The van der Waals surface area contributed by atoms with Crippen LogP contribution in [0.15, 0.2) is 16.3 Å². The number of nitrogens with one attached hydrogen (secondary N) is 1. The number of sulfonamides is 1. The molecule has 1 heterocycles. The molecule has 6 heteroatoms. The largest absolute Gasteiger partial charge is 0.326 e. The van der Waals surface area contributed by atoms with Gasteiger partial charge in [0, 0.05) is 24.4 Å². The summed E-state index contributed by atoms with van der Waals surface area (Å²) in [4.78, 5) is 0.840. The van der Waals surface area contributed by atoms with Crippen LogP contribution in [-0.2, 0) is 16.6 Å². The van der Waals surface area contributed by atoms with Crippen molar-refractivity contribution in [2.75, 3.05) is 6.54 Å². The summed E-state index contributed by atoms with van der Waals surface area (Å²) in [7, 11) is -3.40. The second kappa shape index (κ2) is 5.28. The quantitative estimate of drug-likeness (QED) is 0.585. The van der Waals surface area contributed by atoms with Gasteiger partial charge in [-0.05, 0) is 12.1 Å². The van der Waals surface area contributed by atoms with Gasteiger partial charge >= 0.3 is 0 Å². The van der Waals surface area contributed by atoms with Crippen LogP contribution < -0.4 is 10.5 Å². The van der Waals surface area contributed by atoms with Gasteiger partial charge in [-0.15, -0.1) is 23.7 Å². The number of hydrogen-bond acceptors (Lipinski definition) is 4. The van der Waals surface area contributed by atoms with E-state index in [1.807, 2.05) is 0 Å². The normalized spacial score (nSPS) is 11.2. The van der Waals surface area contributed by atoms with Crippen molar-refractivity contribution in [2.45, 2.75) is 17.2 Å². The van der Waals surface area contributed by atoms with E-state index in [2.05, 4.69) is 10.6 Å². The monoisotopic (exact) mass is 244 g/mol. The fraction of sp³-hybridized carbons (Fsp3) is 0.333. The van der Waals surface area contributed by atoms with Crippen LogP contribution >= 0.6 is 11.3 Å². The molecule has 0 aromatic carbocycles. The van der Waals surface area contributed by atoms with E-state index in [9.17, 15) is 8.42 Å². The second-order valence-corrected chi connectivity index (χ2v) is 5.94. The SMILES string of the molecule is C#CCCNS(=O)(=O)c1ccc(CN)s1. The molecule has 0 unspecified atom stereocenters. The van der Waals surface area contributed by atoms with E-state index < -0.39 is 10.0 Å². The van der Waals surface area contributed by atoms with Crippen LogP contribution in [0.1, 0.15) is 11.3 Å². The fourth-order valence-electron chi connectivity index (χ4n) is 0.941. The molecular weight excluding hydrogens is 232 g/mol. The van der Waals surface area contributed by atoms with Gasteiger partial charge in [0.05, 0.1) is 0 Å². The lowest BCUT2D eigenvalue weighted by atomic mass is 10.5. The summed E-state index contributed by atoms with van der Waals surface area (Å²) in [5, 5.41) is 0. The van der Waals surface area contributed by atoms with Crippen LogP contribution in [0.25, 0.3) is 0 Å². The molecule has 0 saturated heterocycles. The predicted octanol–water partition coefficient (Wildman–Crippen LogP) is 0.508. The second-order valence-electron chi connectivity index (χ2n) is 2.78. The highest BCUT2D eigenvalue weighted by Gasteiger charge is 2.15. The first-order chi connectivity index (χ1) is 7.10. The summed E-state index contributed by atoms with van der Waals surface area (Å²) in [6.45, 7) is 0.610. The smallest absolute Gasteiger partial charge is 0.250 e. The summed E-state index contributed by atoms with van der Waals surface area (Å²) >= 11 is 1.17. The standard InChI is InChI=1S/C9H12N2O2S2/c1-2-3-6-11-15(12,13)9-5-4-8(7-10)14-9/h1,4-5,11H,3,6-7,10H2. The minimum absolute atomic E-state index is 0.259. The summed E-state index contributed by atoms with van der Waals surface area (Å²) < 4.78 is 25.9. The number of terminal acetylenes is 1. The molecule has 1 aromatic heterocycles. The molecule has 3 N–H and O–H groups in total. The molecule has 0 radical (unpaired) electrons. The molecule has 0 aliphatic heterocycles. The Morgan fingerprint density at radius 3 is 2.80 bits per heavy atom. The van der Waals surface area contributed by atoms with Gasteiger partial charge in [-0.1, -0.05) is 0 Å². The van der Waals surface area contributed by atoms with Crippen molar-refractivity contribution < 1.29 is 8.42 Å². The van der Waals surface area contributed by atoms with Crippen molar-refractivity contribution in [3.05, 3.63) is 17.0 Å². The lowest BCUT2D eigenvalue weighted by molar-refractivity contribution is 0.584. The predicted molar refractivity (Wildman–Crippen MR) is 60.8 cm³/mol. The molecule has 82 valence electrons. The third-order valence-corrected chi connectivity index (χ3v) is 4.72. The number of rotatable bonds is 5. The molecule has 1 rings (SSSR count). The Bertz CT molecular complexity index is 457. The van der Waals surface area contributed by atoms with Crippen LogP contribution in [0.3, 0.4) is 0 Å². The van der Waals surface area contributed by atoms with Crippen LogP contribution in [0.2, 0.25) is 0 Å². The Labute approximate surface area is 93.5 Å². The third kappa shape index (κ3) is 3.32. The van der Waals surface area contributed by atoms with E-state index in [0.717, 1.165) is 4.88 Å². The zero-order valence-corrected chi connectivity index (χ0v) is 9.70. The van der Waals surface area contributed by atoms with E-state index >= 15 is 0 Å². The van der Waals surface area contributed by atoms with Crippen molar-refractivity contribution in [2.24, 2.45) is 5.73 Å². The number of hydrogen-bond donors (Lipinski definition) is 2. The maximum absolute atomic E-state index is 11.6. The van der Waals surface area contributed by atoms with Crippen molar-refractivity contribution in [3.8, 4) is 12.3 Å². The summed E-state index contributed by atoms with van der Waals surface area (Å²) in [5.74, 6) is 2.36. The molecule has 0 aliphatic carbocycles. The van der Waals surface area contributed by atoms with Gasteiger partial charge in [0.25, 0.3) is 0 Å². The molecule has 1 aromatic rings. The Morgan fingerprint density at radius 2 is 2.27 bits per heavy atom. The first kappa shape index (κ1) is 12.2. The number of thiophene rings is 1. The zero-order chi connectivity index (χ0) is 11.3. The van der Waals surface area contributed by atoms with E-state index in [1.165, 1.54) is 11.3 Å². The zero-order valence-electron chi connectivity index (χ0n) is 8.06. The maximum atomic E-state index is 11.6. The van der Waals surface area contributed by atoms with E-state index in [-0.39, 0.29) is 10.8 Å². The van der Waals surface area contributed by atoms with Gasteiger partial charge < -0.3 is 5.73 Å². The molecule has 0 amide bonds. The van der Waals surface area contributed by atoms with Gasteiger partial charge in [-0.3, -0.25) is 0 Å². The number of nitrogens with two attached hydrogens (primary N) is 1. The fourth-order valence-corrected chi connectivity index (χ4v) is 3.25. The van der Waals surface area contributed by atoms with Crippen molar-refractivity contribution in [1.82, 2.24) is 4.72 Å². The molecular formula is C9H12N2O2S2. The van der Waals surface area contributed by atoms with E-state index in [0.29, 0.717) is 13.0 Å². The molecule has 0 bridgehead atoms. The minimum atomic E-state index is -3.40. The highest BCUT2D eigenvalue weighted by molar-refractivity contribution is 7.91. The average molecular weight is 244 g/mol. The highest BCUT2D eigenvalue weighted by atomic mass is 32.2. The summed E-state index contributed by atoms with van der Waals surface area (Å²) in [5.41, 5.74) is 5.40. The summed E-state index contributed by atoms with van der Waals surface area (Å²) in [6, 6.07) is 3.26. The van der Waals surface area contributed by atoms with E-state index in [1.54, 1.807) is 12.1 Å². The van der Waals surface area contributed by atoms with Crippen molar-refractivity contribution >= 4 is 21.4 Å². The topological polar surface area (TPSA) is 72.2 Å². The van der Waals surface area contributed by atoms with Gasteiger partial charge in [-0.2, -0.15) is 0 Å². The van der Waals surface area contributed by atoms with Crippen LogP contribution in [-0.4, -0.2) is 15.0 Å². The van der Waals surface area contributed by atoms with Gasteiger partial charge in [0.1, 0.15) is 4.21 Å². The highest BCUT2D eigenvalue weighted by Crippen LogP contribution is 2.20. The maximum Gasteiger partial charge on any atom is 0.250 e. The summed E-state index contributed by atoms with van der Waals surface area (Å²) in [6.07, 6.45) is 5.41. The molecule has 0 atom stereocenters. The van der Waals surface area contributed by atoms with E-state index in [4.69, 9.17) is 12.2 Å². The molecule has 0 spiro atoms. The lowest BCUT2D eigenvalue weighted by Gasteiger charge is -2.01. The lowest BCUT2D eigenvalue weighted by Crippen LogP contribution is -2.23. The van der Waals surface area contributed by atoms with Crippen molar-refractivity contribution in [1.29, 1.82) is 0 Å². The Kier molecular flexibility index (Phi) is 4.29. The third-order valence-electron chi connectivity index (χ3n) is 1.66. The Balaban J connectivity index is 2.74.